The average molecular weight is 456 g/mol. The number of nitrogens with one attached hydrogen (secondary N) is 1. The van der Waals surface area contributed by atoms with E-state index in [1.165, 1.54) is 0 Å². The first-order valence-corrected chi connectivity index (χ1v) is 12.4. The third-order valence-electron chi connectivity index (χ3n) is 5.92. The molecule has 8 heteroatoms. The molecule has 1 saturated heterocycles. The molecule has 2 aromatic carbocycles. The maximum Gasteiger partial charge on any atom is 0.243 e. The number of fused-ring (bicyclic) bond motifs is 1. The number of ether oxygens (including phenoxy) is 1. The van der Waals surface area contributed by atoms with Gasteiger partial charge in [0.15, 0.2) is 0 Å². The lowest BCUT2D eigenvalue weighted by atomic mass is 10.2. The Labute approximate surface area is 189 Å². The summed E-state index contributed by atoms with van der Waals surface area (Å²) in [7, 11) is -3.47. The van der Waals surface area contributed by atoms with Crippen LogP contribution in [-0.2, 0) is 21.4 Å². The number of sulfonamides is 1. The zero-order chi connectivity index (χ0) is 22.7. The molecule has 7 nitrogen and oxygen atoms in total. The van der Waals surface area contributed by atoms with Gasteiger partial charge in [-0.3, -0.25) is 4.79 Å². The van der Waals surface area contributed by atoms with E-state index in [4.69, 9.17) is 4.74 Å². The van der Waals surface area contributed by atoms with Crippen LogP contribution in [0, 0.1) is 0 Å². The lowest BCUT2D eigenvalue weighted by Crippen LogP contribution is -2.30. The van der Waals surface area contributed by atoms with Crippen molar-refractivity contribution in [2.75, 3.05) is 19.7 Å². The van der Waals surface area contributed by atoms with Gasteiger partial charge >= 0.3 is 0 Å². The predicted molar refractivity (Wildman–Crippen MR) is 124 cm³/mol. The predicted octanol–water partition coefficient (Wildman–Crippen LogP) is 3.70. The van der Waals surface area contributed by atoms with Crippen LogP contribution in [0.15, 0.2) is 59.6 Å². The van der Waals surface area contributed by atoms with Gasteiger partial charge in [-0.15, -0.1) is 0 Å². The van der Waals surface area contributed by atoms with Crippen molar-refractivity contribution in [2.24, 2.45) is 0 Å². The first-order valence-electron chi connectivity index (χ1n) is 11.0. The van der Waals surface area contributed by atoms with Crippen LogP contribution in [-0.4, -0.2) is 42.9 Å². The van der Waals surface area contributed by atoms with Gasteiger partial charge in [0.2, 0.25) is 15.9 Å². The molecule has 1 amide bonds. The number of hydrogen-bond acceptors (Lipinski definition) is 4. The molecule has 0 spiro atoms. The Morgan fingerprint density at radius 2 is 1.88 bits per heavy atom. The van der Waals surface area contributed by atoms with Gasteiger partial charge in [0.25, 0.3) is 0 Å². The highest BCUT2D eigenvalue weighted by molar-refractivity contribution is 7.89. The molecule has 1 N–H and O–H groups in total. The number of hydrogen-bond donors (Lipinski definition) is 1. The zero-order valence-corrected chi connectivity index (χ0v) is 19.3. The number of para-hydroxylation sites is 1. The number of nitrogens with zero attached hydrogens (tertiary/aromatic N) is 2. The summed E-state index contributed by atoms with van der Waals surface area (Å²) in [6.45, 7) is 5.84. The standard InChI is InChI=1S/C24H29N3O4S/c1-3-31-23-9-5-4-8-20(23)17-25-24(28)18(2)27-15-12-19-16-21(10-11-22(19)27)32(29,30)26-13-6-7-14-26/h4-5,8-12,15-16,18H,3,6-7,13-14,17H2,1-2H3,(H,25,28)/t18-/m1/s1. The van der Waals surface area contributed by atoms with Gasteiger partial charge in [-0.25, -0.2) is 8.42 Å². The Hall–Kier alpha value is -2.84. The molecule has 1 aromatic heterocycles. The lowest BCUT2D eigenvalue weighted by Gasteiger charge is -2.17. The van der Waals surface area contributed by atoms with Gasteiger partial charge < -0.3 is 14.6 Å². The molecule has 170 valence electrons. The number of carbonyl (C=O) groups is 1. The molecule has 1 aliphatic heterocycles. The molecule has 0 bridgehead atoms. The minimum absolute atomic E-state index is 0.123. The molecule has 32 heavy (non-hydrogen) atoms. The van der Waals surface area contributed by atoms with Crippen molar-refractivity contribution in [3.8, 4) is 5.75 Å². The highest BCUT2D eigenvalue weighted by Gasteiger charge is 2.27. The molecule has 0 radical (unpaired) electrons. The molecule has 0 saturated carbocycles. The molecule has 3 aromatic rings. The summed E-state index contributed by atoms with van der Waals surface area (Å²) >= 11 is 0. The van der Waals surface area contributed by atoms with Crippen LogP contribution < -0.4 is 10.1 Å². The summed E-state index contributed by atoms with van der Waals surface area (Å²) in [6, 6.07) is 14.2. The first kappa shape index (κ1) is 22.4. The van der Waals surface area contributed by atoms with Crippen molar-refractivity contribution in [1.82, 2.24) is 14.2 Å². The van der Waals surface area contributed by atoms with Crippen molar-refractivity contribution >= 4 is 26.8 Å². The Morgan fingerprint density at radius 1 is 1.12 bits per heavy atom. The van der Waals surface area contributed by atoms with Crippen molar-refractivity contribution < 1.29 is 17.9 Å². The molecule has 1 aliphatic rings. The fourth-order valence-corrected chi connectivity index (χ4v) is 5.67. The third-order valence-corrected chi connectivity index (χ3v) is 7.81. The van der Waals surface area contributed by atoms with Gasteiger partial charge in [0.05, 0.1) is 11.5 Å². The Bertz CT molecular complexity index is 1210. The summed E-state index contributed by atoms with van der Waals surface area (Å²) in [4.78, 5) is 13.2. The van der Waals surface area contributed by atoms with Crippen LogP contribution in [0.2, 0.25) is 0 Å². The van der Waals surface area contributed by atoms with Gasteiger partial charge in [-0.05, 0) is 57.0 Å². The maximum absolute atomic E-state index is 12.9. The molecule has 2 heterocycles. The summed E-state index contributed by atoms with van der Waals surface area (Å²) in [5.41, 5.74) is 1.74. The van der Waals surface area contributed by atoms with Crippen LogP contribution in [0.1, 0.15) is 38.3 Å². The highest BCUT2D eigenvalue weighted by Crippen LogP contribution is 2.27. The minimum Gasteiger partial charge on any atom is -0.494 e. The van der Waals surface area contributed by atoms with E-state index >= 15 is 0 Å². The van der Waals surface area contributed by atoms with Crippen LogP contribution in [0.5, 0.6) is 5.75 Å². The van der Waals surface area contributed by atoms with Crippen molar-refractivity contribution in [3.63, 3.8) is 0 Å². The maximum atomic E-state index is 12.9. The summed E-state index contributed by atoms with van der Waals surface area (Å²) in [5.74, 6) is 0.642. The second kappa shape index (κ2) is 9.34. The van der Waals surface area contributed by atoms with Crippen molar-refractivity contribution in [3.05, 3.63) is 60.3 Å². The van der Waals surface area contributed by atoms with E-state index in [-0.39, 0.29) is 5.91 Å². The Balaban J connectivity index is 1.50. The van der Waals surface area contributed by atoms with Crippen LogP contribution >= 0.6 is 0 Å². The van der Waals surface area contributed by atoms with E-state index in [0.717, 1.165) is 35.1 Å². The SMILES string of the molecule is CCOc1ccccc1CNC(=O)[C@@H](C)n1ccc2cc(S(=O)(=O)N3CCCC3)ccc21. The second-order valence-electron chi connectivity index (χ2n) is 7.99. The third kappa shape index (κ3) is 4.38. The summed E-state index contributed by atoms with van der Waals surface area (Å²) in [5, 5.41) is 3.78. The normalized spacial score (nSPS) is 15.7. The van der Waals surface area contributed by atoms with Crippen LogP contribution in [0.4, 0.5) is 0 Å². The fourth-order valence-electron chi connectivity index (χ4n) is 4.12. The molecule has 1 fully saturated rings. The quantitative estimate of drug-likeness (QED) is 0.562. The topological polar surface area (TPSA) is 80.6 Å². The number of aromatic nitrogens is 1. The molecule has 0 unspecified atom stereocenters. The van der Waals surface area contributed by atoms with E-state index in [0.29, 0.717) is 31.1 Å². The van der Waals surface area contributed by atoms with Crippen molar-refractivity contribution in [1.29, 1.82) is 0 Å². The van der Waals surface area contributed by atoms with E-state index in [9.17, 15) is 13.2 Å². The van der Waals surface area contributed by atoms with Crippen LogP contribution in [0.3, 0.4) is 0 Å². The van der Waals surface area contributed by atoms with Gasteiger partial charge in [-0.2, -0.15) is 4.31 Å². The molecular weight excluding hydrogens is 426 g/mol. The Morgan fingerprint density at radius 3 is 2.62 bits per heavy atom. The number of rotatable bonds is 8. The number of amides is 1. The number of carbonyl (C=O) groups excluding carboxylic acids is 1. The summed E-state index contributed by atoms with van der Waals surface area (Å²) < 4.78 is 34.8. The van der Waals surface area contributed by atoms with Gasteiger partial charge in [0, 0.05) is 42.3 Å². The van der Waals surface area contributed by atoms with E-state index in [2.05, 4.69) is 5.32 Å². The zero-order valence-electron chi connectivity index (χ0n) is 18.5. The van der Waals surface area contributed by atoms with Crippen LogP contribution in [0.25, 0.3) is 10.9 Å². The lowest BCUT2D eigenvalue weighted by molar-refractivity contribution is -0.123. The first-order chi connectivity index (χ1) is 15.4. The fraction of sp³-hybridized carbons (Fsp3) is 0.375. The smallest absolute Gasteiger partial charge is 0.243 e. The average Bonchev–Trinajstić information content (AvgIpc) is 3.48. The van der Waals surface area contributed by atoms with E-state index in [1.54, 1.807) is 22.5 Å². The second-order valence-corrected chi connectivity index (χ2v) is 9.93. The highest BCUT2D eigenvalue weighted by atomic mass is 32.2. The molecular formula is C24H29N3O4S. The minimum atomic E-state index is -3.47. The summed E-state index contributed by atoms with van der Waals surface area (Å²) in [6.07, 6.45) is 3.63. The molecule has 0 aliphatic carbocycles. The van der Waals surface area contributed by atoms with Crippen molar-refractivity contribution in [2.45, 2.75) is 44.2 Å². The van der Waals surface area contributed by atoms with Gasteiger partial charge in [0.1, 0.15) is 11.8 Å². The monoisotopic (exact) mass is 455 g/mol. The number of benzene rings is 2. The van der Waals surface area contributed by atoms with Gasteiger partial charge in [-0.1, -0.05) is 18.2 Å². The molecule has 1 atom stereocenters. The molecule has 4 rings (SSSR count). The largest absolute Gasteiger partial charge is 0.494 e. The van der Waals surface area contributed by atoms with E-state index in [1.807, 2.05) is 54.9 Å². The van der Waals surface area contributed by atoms with E-state index < -0.39 is 16.1 Å². The Kier molecular flexibility index (Phi) is 6.53.